The van der Waals surface area contributed by atoms with Gasteiger partial charge in [-0.3, -0.25) is 9.59 Å². The quantitative estimate of drug-likeness (QED) is 0.286. The highest BCUT2D eigenvalue weighted by atomic mass is 35.5. The number of rotatable bonds is 11. The minimum atomic E-state index is -0.693. The molecule has 0 aliphatic heterocycles. The normalized spacial score (nSPS) is 11.7. The van der Waals surface area contributed by atoms with Crippen LogP contribution in [0.3, 0.4) is 0 Å². The Hall–Kier alpha value is -2.47. The summed E-state index contributed by atoms with van der Waals surface area (Å²) < 4.78 is 0. The Labute approximate surface area is 222 Å². The maximum Gasteiger partial charge on any atom is 0.243 e. The maximum atomic E-state index is 13.6. The van der Waals surface area contributed by atoms with Gasteiger partial charge in [0.15, 0.2) is 0 Å². The fourth-order valence-electron chi connectivity index (χ4n) is 3.73. The fourth-order valence-corrected chi connectivity index (χ4v) is 5.09. The molecule has 0 aromatic heterocycles. The predicted molar refractivity (Wildman–Crippen MR) is 146 cm³/mol. The largest absolute Gasteiger partial charge is 0.355 e. The molecular formula is C28H30Cl2N2O2S. The number of aryl methyl sites for hydroxylation is 1. The molecule has 35 heavy (non-hydrogen) atoms. The average molecular weight is 530 g/mol. The van der Waals surface area contributed by atoms with Crippen LogP contribution >= 0.6 is 35.0 Å². The SMILES string of the molecule is CCNC(=O)[C@@H](Cc1ccccc1)N(Cc1c(Cl)cccc1Cl)C(=O)CCSc1ccc(C)cc1. The number of thioether (sulfide) groups is 1. The smallest absolute Gasteiger partial charge is 0.243 e. The van der Waals surface area contributed by atoms with Gasteiger partial charge < -0.3 is 10.2 Å². The van der Waals surface area contributed by atoms with E-state index < -0.39 is 6.04 Å². The van der Waals surface area contributed by atoms with Crippen molar-refractivity contribution in [3.8, 4) is 0 Å². The molecule has 0 bridgehead atoms. The van der Waals surface area contributed by atoms with Gasteiger partial charge in [-0.15, -0.1) is 11.8 Å². The molecule has 184 valence electrons. The Morgan fingerprint density at radius 1 is 0.943 bits per heavy atom. The summed E-state index contributed by atoms with van der Waals surface area (Å²) in [5, 5.41) is 3.84. The molecule has 0 aliphatic carbocycles. The first-order valence-corrected chi connectivity index (χ1v) is 13.4. The second kappa shape index (κ2) is 13.6. The van der Waals surface area contributed by atoms with Crippen molar-refractivity contribution >= 4 is 46.8 Å². The summed E-state index contributed by atoms with van der Waals surface area (Å²) in [6.07, 6.45) is 0.677. The Morgan fingerprint density at radius 2 is 1.60 bits per heavy atom. The summed E-state index contributed by atoms with van der Waals surface area (Å²) in [7, 11) is 0. The van der Waals surface area contributed by atoms with E-state index in [1.54, 1.807) is 34.9 Å². The number of nitrogens with zero attached hydrogens (tertiary/aromatic N) is 1. The lowest BCUT2D eigenvalue weighted by molar-refractivity contribution is -0.140. The zero-order chi connectivity index (χ0) is 25.2. The third-order valence-corrected chi connectivity index (χ3v) is 7.34. The van der Waals surface area contributed by atoms with Gasteiger partial charge in [-0.2, -0.15) is 0 Å². The number of amides is 2. The molecule has 3 rings (SSSR count). The van der Waals surface area contributed by atoms with E-state index in [9.17, 15) is 9.59 Å². The van der Waals surface area contributed by atoms with Gasteiger partial charge in [0.25, 0.3) is 0 Å². The number of carbonyl (C=O) groups excluding carboxylic acids is 2. The third kappa shape index (κ3) is 8.03. The van der Waals surface area contributed by atoms with Crippen LogP contribution in [-0.4, -0.2) is 35.1 Å². The number of halogens is 2. The van der Waals surface area contributed by atoms with Crippen LogP contribution in [0.1, 0.15) is 30.0 Å². The number of hydrogen-bond acceptors (Lipinski definition) is 3. The lowest BCUT2D eigenvalue weighted by Crippen LogP contribution is -2.50. The van der Waals surface area contributed by atoms with Gasteiger partial charge in [0.1, 0.15) is 6.04 Å². The van der Waals surface area contributed by atoms with Crippen molar-refractivity contribution in [3.63, 3.8) is 0 Å². The van der Waals surface area contributed by atoms with E-state index in [1.807, 2.05) is 44.2 Å². The van der Waals surface area contributed by atoms with E-state index in [0.717, 1.165) is 10.5 Å². The van der Waals surface area contributed by atoms with Gasteiger partial charge in [0, 0.05) is 52.2 Å². The highest BCUT2D eigenvalue weighted by Gasteiger charge is 2.30. The monoisotopic (exact) mass is 528 g/mol. The van der Waals surface area contributed by atoms with Crippen LogP contribution in [0.25, 0.3) is 0 Å². The van der Waals surface area contributed by atoms with E-state index in [4.69, 9.17) is 23.2 Å². The Bertz CT molecular complexity index is 1100. The van der Waals surface area contributed by atoms with Crippen molar-refractivity contribution in [2.45, 2.75) is 44.2 Å². The maximum absolute atomic E-state index is 13.6. The van der Waals surface area contributed by atoms with Crippen LogP contribution in [0.5, 0.6) is 0 Å². The van der Waals surface area contributed by atoms with E-state index >= 15 is 0 Å². The minimum Gasteiger partial charge on any atom is -0.355 e. The summed E-state index contributed by atoms with van der Waals surface area (Å²) in [5.74, 6) is 0.286. The van der Waals surface area contributed by atoms with Crippen molar-refractivity contribution in [3.05, 3.63) is 99.5 Å². The predicted octanol–water partition coefficient (Wildman–Crippen LogP) is 6.56. The van der Waals surface area contributed by atoms with Gasteiger partial charge >= 0.3 is 0 Å². The van der Waals surface area contributed by atoms with Crippen molar-refractivity contribution in [1.82, 2.24) is 10.2 Å². The Kier molecular flexibility index (Phi) is 10.5. The molecule has 0 saturated carbocycles. The molecule has 4 nitrogen and oxygen atoms in total. The summed E-state index contributed by atoms with van der Waals surface area (Å²) in [4.78, 5) is 29.5. The van der Waals surface area contributed by atoms with Crippen LogP contribution in [0.2, 0.25) is 10.0 Å². The molecular weight excluding hydrogens is 499 g/mol. The van der Waals surface area contributed by atoms with Gasteiger partial charge in [0.2, 0.25) is 11.8 Å². The number of hydrogen-bond donors (Lipinski definition) is 1. The van der Waals surface area contributed by atoms with Crippen LogP contribution in [0.15, 0.2) is 77.7 Å². The van der Waals surface area contributed by atoms with E-state index in [1.165, 1.54) is 5.56 Å². The number of likely N-dealkylation sites (N-methyl/N-ethyl adjacent to an activating group) is 1. The first-order chi connectivity index (χ1) is 16.9. The summed E-state index contributed by atoms with van der Waals surface area (Å²) in [6, 6.07) is 22.5. The molecule has 3 aromatic carbocycles. The summed E-state index contributed by atoms with van der Waals surface area (Å²) >= 11 is 14.5. The van der Waals surface area contributed by atoms with Gasteiger partial charge in [-0.25, -0.2) is 0 Å². The van der Waals surface area contributed by atoms with Crippen molar-refractivity contribution in [2.24, 2.45) is 0 Å². The number of nitrogens with one attached hydrogen (secondary N) is 1. The van der Waals surface area contributed by atoms with E-state index in [0.29, 0.717) is 34.3 Å². The molecule has 1 N–H and O–H groups in total. The van der Waals surface area contributed by atoms with Crippen molar-refractivity contribution in [2.75, 3.05) is 12.3 Å². The minimum absolute atomic E-state index is 0.118. The Morgan fingerprint density at radius 3 is 2.23 bits per heavy atom. The second-order valence-electron chi connectivity index (χ2n) is 8.23. The number of benzene rings is 3. The second-order valence-corrected chi connectivity index (χ2v) is 10.2. The average Bonchev–Trinajstić information content (AvgIpc) is 2.85. The molecule has 0 spiro atoms. The molecule has 0 unspecified atom stereocenters. The lowest BCUT2D eigenvalue weighted by atomic mass is 10.0. The van der Waals surface area contributed by atoms with Gasteiger partial charge in [-0.1, -0.05) is 77.3 Å². The van der Waals surface area contributed by atoms with Crippen LogP contribution < -0.4 is 5.32 Å². The highest BCUT2D eigenvalue weighted by Crippen LogP contribution is 2.28. The molecule has 0 radical (unpaired) electrons. The standard InChI is InChI=1S/C28H30Cl2N2O2S/c1-3-31-28(34)26(18-21-8-5-4-6-9-21)32(19-23-24(29)10-7-11-25(23)30)27(33)16-17-35-22-14-12-20(2)13-15-22/h4-15,26H,3,16-19H2,1-2H3,(H,31,34)/t26-/m1/s1. The topological polar surface area (TPSA) is 49.4 Å². The Balaban J connectivity index is 1.86. The molecule has 1 atom stereocenters. The van der Waals surface area contributed by atoms with Crippen molar-refractivity contribution in [1.29, 1.82) is 0 Å². The van der Waals surface area contributed by atoms with Crippen LogP contribution in [0.4, 0.5) is 0 Å². The third-order valence-electron chi connectivity index (χ3n) is 5.62. The van der Waals surface area contributed by atoms with Crippen LogP contribution in [-0.2, 0) is 22.6 Å². The number of carbonyl (C=O) groups is 2. The zero-order valence-electron chi connectivity index (χ0n) is 20.0. The molecule has 3 aromatic rings. The first-order valence-electron chi connectivity index (χ1n) is 11.6. The molecule has 7 heteroatoms. The molecule has 0 heterocycles. The van der Waals surface area contributed by atoms with E-state index in [2.05, 4.69) is 29.6 Å². The summed E-state index contributed by atoms with van der Waals surface area (Å²) in [6.45, 7) is 4.54. The van der Waals surface area contributed by atoms with E-state index in [-0.39, 0.29) is 24.8 Å². The van der Waals surface area contributed by atoms with Crippen LogP contribution in [0, 0.1) is 6.92 Å². The first kappa shape index (κ1) is 27.1. The lowest BCUT2D eigenvalue weighted by Gasteiger charge is -2.32. The molecule has 2 amide bonds. The molecule has 0 saturated heterocycles. The molecule has 0 fully saturated rings. The summed E-state index contributed by atoms with van der Waals surface area (Å²) in [5.41, 5.74) is 2.80. The van der Waals surface area contributed by atoms with Gasteiger partial charge in [0.05, 0.1) is 0 Å². The zero-order valence-corrected chi connectivity index (χ0v) is 22.3. The highest BCUT2D eigenvalue weighted by molar-refractivity contribution is 7.99. The fraction of sp³-hybridized carbons (Fsp3) is 0.286. The van der Waals surface area contributed by atoms with Crippen molar-refractivity contribution < 1.29 is 9.59 Å². The van der Waals surface area contributed by atoms with Gasteiger partial charge in [-0.05, 0) is 43.7 Å². The molecule has 0 aliphatic rings.